The second-order valence-electron chi connectivity index (χ2n) is 5.48. The Morgan fingerprint density at radius 1 is 0.962 bits per heavy atom. The largest absolute Gasteiger partial charge is 0.510 e. The minimum Gasteiger partial charge on any atom is -0.510 e. The van der Waals surface area contributed by atoms with Crippen molar-refractivity contribution in [2.75, 3.05) is 18.1 Å². The number of allylic oxidation sites excluding steroid dienone is 2. The van der Waals surface area contributed by atoms with Crippen LogP contribution in [0.15, 0.2) is 47.2 Å². The Labute approximate surface area is 153 Å². The summed E-state index contributed by atoms with van der Waals surface area (Å²) in [6.45, 7) is 7.83. The SMILES string of the molecule is CCOC(=O)/C(=C(/C)O)N(/C(C(=O)OCC)=C(\C)O)c1cccc(C)c1. The monoisotopic (exact) mass is 363 g/mol. The van der Waals surface area contributed by atoms with Crippen molar-refractivity contribution in [3.8, 4) is 0 Å². The van der Waals surface area contributed by atoms with Gasteiger partial charge in [0.05, 0.1) is 13.2 Å². The summed E-state index contributed by atoms with van der Waals surface area (Å²) in [5.74, 6) is -2.41. The van der Waals surface area contributed by atoms with Gasteiger partial charge in [0.15, 0.2) is 11.4 Å². The van der Waals surface area contributed by atoms with E-state index in [1.165, 1.54) is 13.8 Å². The number of esters is 2. The van der Waals surface area contributed by atoms with Crippen LogP contribution in [0.4, 0.5) is 5.69 Å². The number of carbonyl (C=O) groups excluding carboxylic acids is 2. The summed E-state index contributed by atoms with van der Waals surface area (Å²) in [6.07, 6.45) is 0. The van der Waals surface area contributed by atoms with Gasteiger partial charge < -0.3 is 19.7 Å². The Kier molecular flexibility index (Phi) is 7.71. The highest BCUT2D eigenvalue weighted by molar-refractivity contribution is 6.02. The van der Waals surface area contributed by atoms with Crippen LogP contribution in [0, 0.1) is 6.92 Å². The van der Waals surface area contributed by atoms with E-state index in [1.54, 1.807) is 32.0 Å². The highest BCUT2D eigenvalue weighted by atomic mass is 16.5. The second kappa shape index (κ2) is 9.50. The average Bonchev–Trinajstić information content (AvgIpc) is 2.54. The van der Waals surface area contributed by atoms with Gasteiger partial charge >= 0.3 is 11.9 Å². The Hall–Kier alpha value is -2.96. The zero-order valence-corrected chi connectivity index (χ0v) is 15.7. The van der Waals surface area contributed by atoms with Crippen molar-refractivity contribution in [2.45, 2.75) is 34.6 Å². The van der Waals surface area contributed by atoms with Gasteiger partial charge in [0, 0.05) is 5.69 Å². The number of hydrogen-bond acceptors (Lipinski definition) is 7. The van der Waals surface area contributed by atoms with E-state index in [9.17, 15) is 19.8 Å². The van der Waals surface area contributed by atoms with Gasteiger partial charge in [-0.05, 0) is 52.3 Å². The lowest BCUT2D eigenvalue weighted by Crippen LogP contribution is -2.34. The molecule has 0 saturated heterocycles. The van der Waals surface area contributed by atoms with Crippen LogP contribution in [0.1, 0.15) is 33.3 Å². The van der Waals surface area contributed by atoms with E-state index in [2.05, 4.69) is 0 Å². The molecule has 0 fully saturated rings. The highest BCUT2D eigenvalue weighted by Gasteiger charge is 2.32. The smallest absolute Gasteiger partial charge is 0.358 e. The van der Waals surface area contributed by atoms with Gasteiger partial charge in [-0.25, -0.2) is 9.59 Å². The fourth-order valence-electron chi connectivity index (χ4n) is 2.34. The topological polar surface area (TPSA) is 96.3 Å². The summed E-state index contributed by atoms with van der Waals surface area (Å²) in [5.41, 5.74) is 0.672. The predicted molar refractivity (Wildman–Crippen MR) is 97.6 cm³/mol. The van der Waals surface area contributed by atoms with E-state index >= 15 is 0 Å². The molecule has 0 saturated carbocycles. The van der Waals surface area contributed by atoms with Crippen molar-refractivity contribution < 1.29 is 29.3 Å². The fraction of sp³-hybridized carbons (Fsp3) is 0.368. The summed E-state index contributed by atoms with van der Waals surface area (Å²) < 4.78 is 10.0. The second-order valence-corrected chi connectivity index (χ2v) is 5.48. The lowest BCUT2D eigenvalue weighted by atomic mass is 10.1. The maximum Gasteiger partial charge on any atom is 0.358 e. The molecule has 26 heavy (non-hydrogen) atoms. The third-order valence-corrected chi connectivity index (χ3v) is 3.33. The number of benzene rings is 1. The molecule has 0 atom stereocenters. The van der Waals surface area contributed by atoms with Gasteiger partial charge in [0.2, 0.25) is 0 Å². The first-order chi connectivity index (χ1) is 12.2. The number of aliphatic hydroxyl groups excluding tert-OH is 2. The fourth-order valence-corrected chi connectivity index (χ4v) is 2.34. The van der Waals surface area contributed by atoms with Crippen LogP contribution in [-0.4, -0.2) is 35.4 Å². The molecule has 0 unspecified atom stereocenters. The van der Waals surface area contributed by atoms with Crippen molar-refractivity contribution in [3.05, 3.63) is 52.7 Å². The number of nitrogens with zero attached hydrogens (tertiary/aromatic N) is 1. The van der Waals surface area contributed by atoms with Crippen LogP contribution in [0.2, 0.25) is 0 Å². The molecule has 1 aromatic carbocycles. The lowest BCUT2D eigenvalue weighted by Gasteiger charge is -2.28. The zero-order chi connectivity index (χ0) is 19.9. The first-order valence-corrected chi connectivity index (χ1v) is 8.25. The zero-order valence-electron chi connectivity index (χ0n) is 15.7. The Morgan fingerprint density at radius 3 is 1.77 bits per heavy atom. The molecule has 0 heterocycles. The predicted octanol–water partition coefficient (Wildman–Crippen LogP) is 3.51. The first-order valence-electron chi connectivity index (χ1n) is 8.25. The number of ether oxygens (including phenoxy) is 2. The lowest BCUT2D eigenvalue weighted by molar-refractivity contribution is -0.139. The maximum atomic E-state index is 12.5. The van der Waals surface area contributed by atoms with Crippen molar-refractivity contribution in [2.24, 2.45) is 0 Å². The van der Waals surface area contributed by atoms with Gasteiger partial charge in [0.1, 0.15) is 11.5 Å². The molecule has 0 spiro atoms. The highest BCUT2D eigenvalue weighted by Crippen LogP contribution is 2.29. The summed E-state index contributed by atoms with van der Waals surface area (Å²) >= 11 is 0. The quantitative estimate of drug-likeness (QED) is 0.435. The molecule has 0 aliphatic heterocycles. The van der Waals surface area contributed by atoms with Gasteiger partial charge in [-0.2, -0.15) is 0 Å². The van der Waals surface area contributed by atoms with Gasteiger partial charge in [0.25, 0.3) is 0 Å². The first kappa shape index (κ1) is 21.1. The van der Waals surface area contributed by atoms with Crippen LogP contribution in [0.5, 0.6) is 0 Å². The molecular weight excluding hydrogens is 338 g/mol. The van der Waals surface area contributed by atoms with Crippen molar-refractivity contribution in [1.82, 2.24) is 0 Å². The number of rotatable bonds is 7. The third-order valence-electron chi connectivity index (χ3n) is 3.33. The third kappa shape index (κ3) is 5.02. The van der Waals surface area contributed by atoms with Crippen LogP contribution in [0.25, 0.3) is 0 Å². The molecule has 0 aliphatic carbocycles. The standard InChI is InChI=1S/C19H25NO6/c1-6-25-18(23)16(13(4)21)20(15-10-8-9-12(3)11-15)17(14(5)22)19(24)26-7-2/h8-11,21-22H,6-7H2,1-5H3/b16-13+,17-14+. The summed E-state index contributed by atoms with van der Waals surface area (Å²) in [5, 5.41) is 20.3. The molecule has 0 aromatic heterocycles. The molecule has 0 radical (unpaired) electrons. The number of aryl methyl sites for hydroxylation is 1. The summed E-state index contributed by atoms with van der Waals surface area (Å²) in [4.78, 5) is 26.1. The normalized spacial score (nSPS) is 12.7. The molecule has 0 bridgehead atoms. The molecule has 1 rings (SSSR count). The molecule has 0 aliphatic rings. The van der Waals surface area contributed by atoms with E-state index in [-0.39, 0.29) is 36.1 Å². The van der Waals surface area contributed by atoms with Crippen LogP contribution < -0.4 is 4.90 Å². The van der Waals surface area contributed by atoms with Crippen molar-refractivity contribution in [3.63, 3.8) is 0 Å². The van der Waals surface area contributed by atoms with E-state index in [4.69, 9.17) is 9.47 Å². The number of aliphatic hydroxyl groups is 2. The van der Waals surface area contributed by atoms with Crippen molar-refractivity contribution in [1.29, 1.82) is 0 Å². The van der Waals surface area contributed by atoms with Crippen LogP contribution in [0.3, 0.4) is 0 Å². The maximum absolute atomic E-state index is 12.5. The molecule has 2 N–H and O–H groups in total. The van der Waals surface area contributed by atoms with E-state index < -0.39 is 11.9 Å². The van der Waals surface area contributed by atoms with Crippen LogP contribution in [-0.2, 0) is 19.1 Å². The molecular formula is C19H25NO6. The van der Waals surface area contributed by atoms with Crippen molar-refractivity contribution >= 4 is 17.6 Å². The summed E-state index contributed by atoms with van der Waals surface area (Å²) in [7, 11) is 0. The molecule has 7 heteroatoms. The molecule has 142 valence electrons. The Morgan fingerprint density at radius 2 is 1.42 bits per heavy atom. The number of hydrogen-bond donors (Lipinski definition) is 2. The van der Waals surface area contributed by atoms with Gasteiger partial charge in [-0.1, -0.05) is 12.1 Å². The molecule has 1 aromatic rings. The van der Waals surface area contributed by atoms with E-state index in [0.29, 0.717) is 5.69 Å². The molecule has 7 nitrogen and oxygen atoms in total. The Bertz CT molecular complexity index is 687. The van der Waals surface area contributed by atoms with Crippen LogP contribution >= 0.6 is 0 Å². The number of carbonyl (C=O) groups is 2. The minimum atomic E-state index is -0.836. The Balaban J connectivity index is 3.72. The molecule has 0 amide bonds. The number of anilines is 1. The van der Waals surface area contributed by atoms with Gasteiger partial charge in [-0.15, -0.1) is 0 Å². The minimum absolute atomic E-state index is 0.0772. The van der Waals surface area contributed by atoms with E-state index in [0.717, 1.165) is 10.5 Å². The summed E-state index contributed by atoms with van der Waals surface area (Å²) in [6, 6.07) is 6.89. The van der Waals surface area contributed by atoms with Gasteiger partial charge in [-0.3, -0.25) is 4.90 Å². The average molecular weight is 363 g/mol. The van der Waals surface area contributed by atoms with E-state index in [1.807, 2.05) is 13.0 Å².